The molecule has 0 aliphatic heterocycles. The zero-order valence-corrected chi connectivity index (χ0v) is 13.2. The van der Waals surface area contributed by atoms with Crippen LogP contribution in [0, 0.1) is 6.92 Å². The Balaban J connectivity index is 2.23. The number of nitrogens with one attached hydrogen (secondary N) is 1. The maximum atomic E-state index is 6.09. The molecule has 2 rings (SSSR count). The van der Waals surface area contributed by atoms with Gasteiger partial charge >= 0.3 is 0 Å². The molecule has 1 heterocycles. The Morgan fingerprint density at radius 2 is 1.85 bits per heavy atom. The predicted octanol–water partition coefficient (Wildman–Crippen LogP) is 4.59. The first-order chi connectivity index (χ1) is 9.58. The summed E-state index contributed by atoms with van der Waals surface area (Å²) < 4.78 is 0. The van der Waals surface area contributed by atoms with Crippen molar-refractivity contribution in [3.05, 3.63) is 63.4 Å². The Kier molecular flexibility index (Phi) is 5.41. The molecule has 0 bridgehead atoms. The van der Waals surface area contributed by atoms with E-state index in [-0.39, 0.29) is 6.04 Å². The summed E-state index contributed by atoms with van der Waals surface area (Å²) in [4.78, 5) is 4.46. The van der Waals surface area contributed by atoms with E-state index in [0.717, 1.165) is 24.2 Å². The molecule has 0 saturated carbocycles. The van der Waals surface area contributed by atoms with E-state index in [0.29, 0.717) is 10.0 Å². The minimum atomic E-state index is 0.159. The lowest BCUT2D eigenvalue weighted by molar-refractivity contribution is 0.544. The van der Waals surface area contributed by atoms with Crippen molar-refractivity contribution in [2.24, 2.45) is 0 Å². The molecule has 1 aromatic carbocycles. The lowest BCUT2D eigenvalue weighted by Crippen LogP contribution is -2.23. The summed E-state index contributed by atoms with van der Waals surface area (Å²) in [5, 5.41) is 4.78. The fraction of sp³-hybridized carbons (Fsp3) is 0.312. The van der Waals surface area contributed by atoms with Gasteiger partial charge in [-0.2, -0.15) is 0 Å². The van der Waals surface area contributed by atoms with Crippen molar-refractivity contribution in [1.29, 1.82) is 0 Å². The molecule has 2 aromatic rings. The lowest BCUT2D eigenvalue weighted by Gasteiger charge is -2.18. The third kappa shape index (κ3) is 4.20. The number of aromatic nitrogens is 1. The predicted molar refractivity (Wildman–Crippen MR) is 85.6 cm³/mol. The molecule has 1 atom stereocenters. The molecule has 1 unspecified atom stereocenters. The molecular weight excluding hydrogens is 291 g/mol. The van der Waals surface area contributed by atoms with Crippen molar-refractivity contribution in [1.82, 2.24) is 10.3 Å². The Labute approximate surface area is 130 Å². The Bertz CT molecular complexity index is 547. The second-order valence-corrected chi connectivity index (χ2v) is 5.72. The Morgan fingerprint density at radius 1 is 1.15 bits per heavy atom. The number of hydrogen-bond acceptors (Lipinski definition) is 2. The SMILES string of the molecule is CCNC(Cc1ccc(C)cn1)c1cc(Cl)cc(Cl)c1. The summed E-state index contributed by atoms with van der Waals surface area (Å²) >= 11 is 12.2. The smallest absolute Gasteiger partial charge is 0.0424 e. The quantitative estimate of drug-likeness (QED) is 0.874. The zero-order valence-electron chi connectivity index (χ0n) is 11.7. The van der Waals surface area contributed by atoms with Gasteiger partial charge in [-0.25, -0.2) is 0 Å². The van der Waals surface area contributed by atoms with E-state index in [1.807, 2.05) is 25.3 Å². The van der Waals surface area contributed by atoms with Gasteiger partial charge in [-0.15, -0.1) is 0 Å². The van der Waals surface area contributed by atoms with Crippen LogP contribution < -0.4 is 5.32 Å². The van der Waals surface area contributed by atoms with Gasteiger partial charge in [0.25, 0.3) is 0 Å². The molecule has 0 radical (unpaired) electrons. The molecular formula is C16H18Cl2N2. The van der Waals surface area contributed by atoms with Gasteiger partial charge in [-0.3, -0.25) is 4.98 Å². The average Bonchev–Trinajstić information content (AvgIpc) is 2.39. The van der Waals surface area contributed by atoms with Crippen LogP contribution in [-0.4, -0.2) is 11.5 Å². The van der Waals surface area contributed by atoms with Crippen molar-refractivity contribution in [3.8, 4) is 0 Å². The lowest BCUT2D eigenvalue weighted by atomic mass is 10.0. The number of likely N-dealkylation sites (N-methyl/N-ethyl adjacent to an activating group) is 1. The average molecular weight is 309 g/mol. The largest absolute Gasteiger partial charge is 0.310 e. The molecule has 0 spiro atoms. The first-order valence-corrected chi connectivity index (χ1v) is 7.45. The van der Waals surface area contributed by atoms with Crippen LogP contribution in [0.25, 0.3) is 0 Å². The molecule has 0 amide bonds. The van der Waals surface area contributed by atoms with Gasteiger partial charge in [0.1, 0.15) is 0 Å². The first kappa shape index (κ1) is 15.3. The minimum absolute atomic E-state index is 0.159. The van der Waals surface area contributed by atoms with Gasteiger partial charge < -0.3 is 5.32 Å². The maximum Gasteiger partial charge on any atom is 0.0424 e. The highest BCUT2D eigenvalue weighted by Gasteiger charge is 2.13. The number of hydrogen-bond donors (Lipinski definition) is 1. The summed E-state index contributed by atoms with van der Waals surface area (Å²) in [6, 6.07) is 9.96. The molecule has 106 valence electrons. The van der Waals surface area contributed by atoms with Crippen molar-refractivity contribution >= 4 is 23.2 Å². The van der Waals surface area contributed by atoms with Crippen LogP contribution in [0.5, 0.6) is 0 Å². The number of benzene rings is 1. The highest BCUT2D eigenvalue weighted by Crippen LogP contribution is 2.25. The standard InChI is InChI=1S/C16H18Cl2N2/c1-3-19-16(9-15-5-4-11(2)10-20-15)12-6-13(17)8-14(18)7-12/h4-8,10,16,19H,3,9H2,1-2H3. The van der Waals surface area contributed by atoms with Crippen molar-refractivity contribution in [2.45, 2.75) is 26.3 Å². The zero-order chi connectivity index (χ0) is 14.5. The number of nitrogens with zero attached hydrogens (tertiary/aromatic N) is 1. The second kappa shape index (κ2) is 7.07. The molecule has 0 fully saturated rings. The van der Waals surface area contributed by atoms with Crippen LogP contribution in [0.1, 0.15) is 29.8 Å². The fourth-order valence-electron chi connectivity index (χ4n) is 2.16. The molecule has 0 aliphatic rings. The van der Waals surface area contributed by atoms with E-state index >= 15 is 0 Å². The van der Waals surface area contributed by atoms with Gasteiger partial charge in [0.15, 0.2) is 0 Å². The first-order valence-electron chi connectivity index (χ1n) is 6.69. The number of pyridine rings is 1. The van der Waals surface area contributed by atoms with E-state index in [4.69, 9.17) is 23.2 Å². The van der Waals surface area contributed by atoms with Gasteiger partial charge in [0.05, 0.1) is 0 Å². The molecule has 1 N–H and O–H groups in total. The Morgan fingerprint density at radius 3 is 2.40 bits per heavy atom. The normalized spacial score (nSPS) is 12.4. The van der Waals surface area contributed by atoms with Crippen molar-refractivity contribution in [3.63, 3.8) is 0 Å². The number of rotatable bonds is 5. The third-order valence-corrected chi connectivity index (χ3v) is 3.56. The third-order valence-electron chi connectivity index (χ3n) is 3.12. The van der Waals surface area contributed by atoms with E-state index < -0.39 is 0 Å². The molecule has 4 heteroatoms. The van der Waals surface area contributed by atoms with Crippen LogP contribution in [0.15, 0.2) is 36.5 Å². The fourth-order valence-corrected chi connectivity index (χ4v) is 2.70. The van der Waals surface area contributed by atoms with E-state index in [1.54, 1.807) is 6.07 Å². The molecule has 0 saturated heterocycles. The van der Waals surface area contributed by atoms with Gasteiger partial charge in [-0.05, 0) is 48.9 Å². The highest BCUT2D eigenvalue weighted by atomic mass is 35.5. The van der Waals surface area contributed by atoms with E-state index in [9.17, 15) is 0 Å². The van der Waals surface area contributed by atoms with Gasteiger partial charge in [0, 0.05) is 34.4 Å². The van der Waals surface area contributed by atoms with E-state index in [2.05, 4.69) is 29.4 Å². The van der Waals surface area contributed by atoms with Crippen molar-refractivity contribution < 1.29 is 0 Å². The van der Waals surface area contributed by atoms with Gasteiger partial charge in [-0.1, -0.05) is 36.2 Å². The van der Waals surface area contributed by atoms with E-state index in [1.165, 1.54) is 5.56 Å². The number of aryl methyl sites for hydroxylation is 1. The molecule has 2 nitrogen and oxygen atoms in total. The number of halogens is 2. The Hall–Kier alpha value is -1.09. The molecule has 20 heavy (non-hydrogen) atoms. The van der Waals surface area contributed by atoms with Crippen LogP contribution in [0.3, 0.4) is 0 Å². The maximum absolute atomic E-state index is 6.09. The summed E-state index contributed by atoms with van der Waals surface area (Å²) in [6.07, 6.45) is 2.70. The monoisotopic (exact) mass is 308 g/mol. The van der Waals surface area contributed by atoms with Crippen LogP contribution in [-0.2, 0) is 6.42 Å². The molecule has 0 aliphatic carbocycles. The minimum Gasteiger partial charge on any atom is -0.310 e. The van der Waals surface area contributed by atoms with Crippen LogP contribution in [0.2, 0.25) is 10.0 Å². The molecule has 1 aromatic heterocycles. The second-order valence-electron chi connectivity index (χ2n) is 4.84. The summed E-state index contributed by atoms with van der Waals surface area (Å²) in [5.74, 6) is 0. The summed E-state index contributed by atoms with van der Waals surface area (Å²) in [6.45, 7) is 5.00. The van der Waals surface area contributed by atoms with Gasteiger partial charge in [0.2, 0.25) is 0 Å². The summed E-state index contributed by atoms with van der Waals surface area (Å²) in [5.41, 5.74) is 3.31. The summed E-state index contributed by atoms with van der Waals surface area (Å²) in [7, 11) is 0. The van der Waals surface area contributed by atoms with Crippen LogP contribution >= 0.6 is 23.2 Å². The highest BCUT2D eigenvalue weighted by molar-refractivity contribution is 6.34. The topological polar surface area (TPSA) is 24.9 Å². The van der Waals surface area contributed by atoms with Crippen LogP contribution in [0.4, 0.5) is 0 Å². The van der Waals surface area contributed by atoms with Crippen molar-refractivity contribution in [2.75, 3.05) is 6.54 Å².